The molecular weight excluding hydrogens is 238 g/mol. The Hall–Kier alpha value is -0.160. The van der Waals surface area contributed by atoms with Crippen molar-refractivity contribution in [1.82, 2.24) is 9.80 Å². The second-order valence-electron chi connectivity index (χ2n) is 7.01. The Morgan fingerprint density at radius 1 is 1.42 bits per heavy atom. The molecule has 0 radical (unpaired) electrons. The molecule has 0 saturated carbocycles. The first-order chi connectivity index (χ1) is 8.81. The Labute approximate surface area is 118 Å². The average molecular weight is 271 g/mol. The van der Waals surface area contributed by atoms with E-state index in [4.69, 9.17) is 5.73 Å². The second-order valence-corrected chi connectivity index (χ2v) is 7.01. The van der Waals surface area contributed by atoms with E-state index in [-0.39, 0.29) is 24.1 Å². The lowest BCUT2D eigenvalue weighted by atomic mass is 9.82. The van der Waals surface area contributed by atoms with Crippen LogP contribution in [0.1, 0.15) is 40.5 Å². The molecule has 1 fully saturated rings. The van der Waals surface area contributed by atoms with Crippen LogP contribution < -0.4 is 5.73 Å². The lowest BCUT2D eigenvalue weighted by molar-refractivity contribution is 0.0709. The van der Waals surface area contributed by atoms with Crippen LogP contribution in [-0.2, 0) is 0 Å². The Morgan fingerprint density at radius 2 is 2.05 bits per heavy atom. The van der Waals surface area contributed by atoms with Gasteiger partial charge in [-0.1, -0.05) is 27.7 Å². The Bertz CT molecular complexity index is 265. The molecule has 1 saturated heterocycles. The molecule has 114 valence electrons. The molecule has 1 rings (SSSR count). The van der Waals surface area contributed by atoms with E-state index in [1.165, 1.54) is 19.4 Å². The van der Waals surface area contributed by atoms with Gasteiger partial charge < -0.3 is 10.8 Å². The van der Waals surface area contributed by atoms with E-state index >= 15 is 0 Å². The Balaban J connectivity index is 2.61. The van der Waals surface area contributed by atoms with Crippen molar-refractivity contribution in [3.63, 3.8) is 0 Å². The molecule has 0 aromatic carbocycles. The summed E-state index contributed by atoms with van der Waals surface area (Å²) >= 11 is 0. The zero-order valence-electron chi connectivity index (χ0n) is 13.4. The minimum atomic E-state index is -0.0148. The normalized spacial score (nSPS) is 24.9. The van der Waals surface area contributed by atoms with Crippen LogP contribution in [0.4, 0.5) is 0 Å². The van der Waals surface area contributed by atoms with Crippen molar-refractivity contribution in [1.29, 1.82) is 0 Å². The van der Waals surface area contributed by atoms with E-state index in [1.54, 1.807) is 0 Å². The maximum absolute atomic E-state index is 9.69. The molecule has 4 heteroatoms. The van der Waals surface area contributed by atoms with Crippen LogP contribution in [0.25, 0.3) is 0 Å². The van der Waals surface area contributed by atoms with Crippen LogP contribution in [0.2, 0.25) is 0 Å². The van der Waals surface area contributed by atoms with Gasteiger partial charge in [0.1, 0.15) is 0 Å². The molecule has 1 heterocycles. The molecule has 0 aliphatic carbocycles. The molecule has 0 bridgehead atoms. The lowest BCUT2D eigenvalue weighted by Gasteiger charge is -2.40. The fourth-order valence-electron chi connectivity index (χ4n) is 3.09. The predicted molar refractivity (Wildman–Crippen MR) is 81.2 cm³/mol. The van der Waals surface area contributed by atoms with E-state index < -0.39 is 0 Å². The summed E-state index contributed by atoms with van der Waals surface area (Å²) in [5, 5.41) is 9.69. The number of nitrogens with two attached hydrogens (primary N) is 1. The highest BCUT2D eigenvalue weighted by Crippen LogP contribution is 2.24. The molecule has 0 spiro atoms. The first kappa shape index (κ1) is 16.9. The third-order valence-electron chi connectivity index (χ3n) is 4.57. The SMILES string of the molecule is CCN1CCCC1CN(C)C(CO)C(N)C(C)(C)C. The van der Waals surface area contributed by atoms with Gasteiger partial charge >= 0.3 is 0 Å². The quantitative estimate of drug-likeness (QED) is 0.760. The molecule has 3 atom stereocenters. The van der Waals surface area contributed by atoms with Gasteiger partial charge in [0, 0.05) is 24.7 Å². The van der Waals surface area contributed by atoms with Crippen molar-refractivity contribution < 1.29 is 5.11 Å². The number of rotatable bonds is 6. The van der Waals surface area contributed by atoms with Gasteiger partial charge in [-0.05, 0) is 38.4 Å². The van der Waals surface area contributed by atoms with E-state index in [0.29, 0.717) is 6.04 Å². The monoisotopic (exact) mass is 271 g/mol. The molecule has 4 nitrogen and oxygen atoms in total. The summed E-state index contributed by atoms with van der Waals surface area (Å²) in [7, 11) is 2.10. The highest BCUT2D eigenvalue weighted by atomic mass is 16.3. The fourth-order valence-corrected chi connectivity index (χ4v) is 3.09. The van der Waals surface area contributed by atoms with Gasteiger partial charge in [-0.25, -0.2) is 0 Å². The number of hydrogen-bond acceptors (Lipinski definition) is 4. The van der Waals surface area contributed by atoms with Crippen LogP contribution in [0.15, 0.2) is 0 Å². The number of aliphatic hydroxyl groups excluding tert-OH is 1. The molecule has 0 aromatic heterocycles. The maximum atomic E-state index is 9.69. The van der Waals surface area contributed by atoms with Crippen molar-refractivity contribution >= 4 is 0 Å². The van der Waals surface area contributed by atoms with E-state index in [9.17, 15) is 5.11 Å². The van der Waals surface area contributed by atoms with Crippen LogP contribution >= 0.6 is 0 Å². The van der Waals surface area contributed by atoms with Gasteiger partial charge in [-0.15, -0.1) is 0 Å². The highest BCUT2D eigenvalue weighted by molar-refractivity contribution is 4.91. The molecule has 3 N–H and O–H groups in total. The van der Waals surface area contributed by atoms with Crippen LogP contribution in [0, 0.1) is 5.41 Å². The number of likely N-dealkylation sites (tertiary alicyclic amines) is 1. The zero-order chi connectivity index (χ0) is 14.6. The van der Waals surface area contributed by atoms with Crippen molar-refractivity contribution in [3.05, 3.63) is 0 Å². The summed E-state index contributed by atoms with van der Waals surface area (Å²) in [6.07, 6.45) is 2.56. The third-order valence-corrected chi connectivity index (χ3v) is 4.57. The van der Waals surface area contributed by atoms with Gasteiger partial charge in [0.15, 0.2) is 0 Å². The number of nitrogens with zero attached hydrogens (tertiary/aromatic N) is 2. The number of hydrogen-bond donors (Lipinski definition) is 2. The summed E-state index contributed by atoms with van der Waals surface area (Å²) in [5.41, 5.74) is 6.35. The fraction of sp³-hybridized carbons (Fsp3) is 1.00. The summed E-state index contributed by atoms with van der Waals surface area (Å²) in [4.78, 5) is 4.79. The van der Waals surface area contributed by atoms with Crippen molar-refractivity contribution in [2.75, 3.05) is 33.3 Å². The van der Waals surface area contributed by atoms with Crippen molar-refractivity contribution in [2.45, 2.75) is 58.7 Å². The summed E-state index contributed by atoms with van der Waals surface area (Å²) in [6.45, 7) is 12.1. The lowest BCUT2D eigenvalue weighted by Crippen LogP contribution is -2.56. The molecular formula is C15H33N3O. The third kappa shape index (κ3) is 4.42. The van der Waals surface area contributed by atoms with E-state index in [2.05, 4.69) is 44.5 Å². The van der Waals surface area contributed by atoms with Crippen molar-refractivity contribution in [3.8, 4) is 0 Å². The first-order valence-corrected chi connectivity index (χ1v) is 7.62. The molecule has 0 amide bonds. The van der Waals surface area contributed by atoms with E-state index in [0.717, 1.165) is 13.1 Å². The molecule has 19 heavy (non-hydrogen) atoms. The van der Waals surface area contributed by atoms with Crippen LogP contribution in [0.5, 0.6) is 0 Å². The maximum Gasteiger partial charge on any atom is 0.0602 e. The summed E-state index contributed by atoms with van der Waals surface area (Å²) in [6, 6.07) is 0.648. The van der Waals surface area contributed by atoms with Gasteiger partial charge in [0.25, 0.3) is 0 Å². The summed E-state index contributed by atoms with van der Waals surface area (Å²) in [5.74, 6) is 0. The van der Waals surface area contributed by atoms with Gasteiger partial charge in [-0.2, -0.15) is 0 Å². The van der Waals surface area contributed by atoms with Crippen LogP contribution in [-0.4, -0.2) is 66.3 Å². The van der Waals surface area contributed by atoms with Gasteiger partial charge in [0.05, 0.1) is 6.61 Å². The van der Waals surface area contributed by atoms with Gasteiger partial charge in [-0.3, -0.25) is 9.80 Å². The molecule has 1 aliphatic rings. The highest BCUT2D eigenvalue weighted by Gasteiger charge is 2.33. The zero-order valence-corrected chi connectivity index (χ0v) is 13.4. The smallest absolute Gasteiger partial charge is 0.0602 e. The van der Waals surface area contributed by atoms with E-state index in [1.807, 2.05) is 0 Å². The number of aliphatic hydroxyl groups is 1. The van der Waals surface area contributed by atoms with Crippen molar-refractivity contribution in [2.24, 2.45) is 11.1 Å². The number of likely N-dealkylation sites (N-methyl/N-ethyl adjacent to an activating group) is 2. The topological polar surface area (TPSA) is 52.7 Å². The Kier molecular flexibility index (Phi) is 6.24. The first-order valence-electron chi connectivity index (χ1n) is 7.62. The van der Waals surface area contributed by atoms with Gasteiger partial charge in [0.2, 0.25) is 0 Å². The molecule has 0 aromatic rings. The largest absolute Gasteiger partial charge is 0.395 e. The minimum absolute atomic E-state index is 0.0148. The average Bonchev–Trinajstić information content (AvgIpc) is 2.75. The standard InChI is InChI=1S/C15H33N3O/c1-6-18-9-7-8-12(18)10-17(5)13(11-19)14(16)15(2,3)4/h12-14,19H,6-11,16H2,1-5H3. The molecule has 3 unspecified atom stereocenters. The second kappa shape index (κ2) is 7.02. The summed E-state index contributed by atoms with van der Waals surface area (Å²) < 4.78 is 0. The Morgan fingerprint density at radius 3 is 2.53 bits per heavy atom. The van der Waals surface area contributed by atoms with Crippen LogP contribution in [0.3, 0.4) is 0 Å². The minimum Gasteiger partial charge on any atom is -0.395 e. The molecule has 1 aliphatic heterocycles. The predicted octanol–water partition coefficient (Wildman–Crippen LogP) is 1.14.